The van der Waals surface area contributed by atoms with E-state index in [1.807, 2.05) is 91.0 Å². The first-order chi connectivity index (χ1) is 21.3. The van der Waals surface area contributed by atoms with Crippen molar-refractivity contribution in [1.29, 1.82) is 0 Å². The fraction of sp³-hybridized carbons (Fsp3) is 0.0833. The first kappa shape index (κ1) is 28.0. The quantitative estimate of drug-likeness (QED) is 0.137. The maximum atomic E-state index is 6.16. The van der Waals surface area contributed by atoms with Crippen LogP contribution in [0.1, 0.15) is 17.1 Å². The molecule has 7 heteroatoms. The minimum absolute atomic E-state index is 0.395. The molecule has 0 atom stereocenters. The van der Waals surface area contributed by atoms with Gasteiger partial charge in [0.15, 0.2) is 14.7 Å². The van der Waals surface area contributed by atoms with Crippen molar-refractivity contribution in [3.63, 3.8) is 0 Å². The summed E-state index contributed by atoms with van der Waals surface area (Å²) >= 11 is 0. The maximum Gasteiger partial charge on any atom is 0.170 e. The molecule has 0 N–H and O–H groups in total. The van der Waals surface area contributed by atoms with E-state index in [4.69, 9.17) is 14.2 Å². The normalized spacial score (nSPS) is 10.8. The molecule has 0 bridgehead atoms. The highest BCUT2D eigenvalue weighted by Crippen LogP contribution is 2.36. The molecule has 3 aromatic heterocycles. The minimum Gasteiger partial charge on any atom is -0.487 e. The number of hydrogen-bond acceptors (Lipinski definition) is 6. The van der Waals surface area contributed by atoms with Crippen LogP contribution in [0.5, 0.6) is 17.2 Å². The molecule has 3 aromatic carbocycles. The average molecular weight is 585 g/mol. The van der Waals surface area contributed by atoms with Crippen molar-refractivity contribution >= 4 is 10.9 Å². The van der Waals surface area contributed by atoms with Crippen LogP contribution in [0.3, 0.4) is 0 Å². The molecule has 0 amide bonds. The van der Waals surface area contributed by atoms with Crippen molar-refractivity contribution in [2.24, 2.45) is 0 Å². The van der Waals surface area contributed by atoms with Crippen LogP contribution < -0.4 is 14.2 Å². The fourth-order valence-corrected chi connectivity index (χ4v) is 6.57. The van der Waals surface area contributed by atoms with Crippen LogP contribution >= 0.6 is 0 Å². The van der Waals surface area contributed by atoms with Gasteiger partial charge in [0.25, 0.3) is 0 Å². The predicted octanol–water partition coefficient (Wildman–Crippen LogP) is 7.70. The number of pyridine rings is 3. The van der Waals surface area contributed by atoms with Crippen molar-refractivity contribution in [3.05, 3.63) is 163 Å². The van der Waals surface area contributed by atoms with Crippen LogP contribution in [0.2, 0.25) is 0 Å². The third-order valence-electron chi connectivity index (χ3n) is 6.46. The van der Waals surface area contributed by atoms with Crippen LogP contribution in [-0.2, 0) is 30.7 Å². The largest absolute Gasteiger partial charge is 0.487 e. The van der Waals surface area contributed by atoms with Gasteiger partial charge in [-0.15, -0.1) is 0 Å². The van der Waals surface area contributed by atoms with Crippen molar-refractivity contribution in [1.82, 2.24) is 15.0 Å². The molecule has 0 aliphatic rings. The van der Waals surface area contributed by atoms with E-state index in [1.165, 1.54) is 0 Å². The summed E-state index contributed by atoms with van der Waals surface area (Å²) in [7, 11) is -0.477. The summed E-state index contributed by atoms with van der Waals surface area (Å²) in [5, 5.41) is 0. The van der Waals surface area contributed by atoms with Gasteiger partial charge in [-0.2, -0.15) is 0 Å². The van der Waals surface area contributed by atoms with E-state index in [0.29, 0.717) is 19.8 Å². The molecule has 0 saturated carbocycles. The number of aromatic nitrogens is 3. The van der Waals surface area contributed by atoms with Gasteiger partial charge in [-0.25, -0.2) is 0 Å². The van der Waals surface area contributed by atoms with Crippen LogP contribution in [0, 0.1) is 0 Å². The maximum absolute atomic E-state index is 6.16. The Balaban J connectivity index is 1.30. The van der Waals surface area contributed by atoms with E-state index in [1.54, 1.807) is 18.6 Å². The Morgan fingerprint density at radius 2 is 0.744 bits per heavy atom. The second kappa shape index (κ2) is 14.2. The van der Waals surface area contributed by atoms with Crippen molar-refractivity contribution < 1.29 is 14.2 Å². The Hall–Kier alpha value is -5.14. The zero-order valence-corrected chi connectivity index (χ0v) is 24.3. The lowest BCUT2D eigenvalue weighted by Gasteiger charge is -2.13. The summed E-state index contributed by atoms with van der Waals surface area (Å²) in [4.78, 5) is 16.5. The Morgan fingerprint density at radius 1 is 0.395 bits per heavy atom. The summed E-state index contributed by atoms with van der Waals surface area (Å²) in [6.45, 7) is 1.18. The van der Waals surface area contributed by atoms with Gasteiger partial charge in [-0.05, 0) is 72.8 Å². The number of ether oxygens (including phenoxy) is 3. The van der Waals surface area contributed by atoms with Crippen LogP contribution in [-0.4, -0.2) is 15.0 Å². The summed E-state index contributed by atoms with van der Waals surface area (Å²) in [5.41, 5.74) is 2.63. The second-order valence-electron chi connectivity index (χ2n) is 9.56. The molecule has 0 fully saturated rings. The molecule has 0 unspecified atom stereocenters. The van der Waals surface area contributed by atoms with Gasteiger partial charge >= 0.3 is 0 Å². The van der Waals surface area contributed by atoms with Gasteiger partial charge in [-0.1, -0.05) is 36.4 Å². The minimum atomic E-state index is -0.477. The first-order valence-electron chi connectivity index (χ1n) is 13.9. The number of nitrogens with zero attached hydrogens (tertiary/aromatic N) is 3. The van der Waals surface area contributed by atoms with Gasteiger partial charge in [-0.3, -0.25) is 15.0 Å². The van der Waals surface area contributed by atoms with E-state index in [2.05, 4.69) is 51.4 Å². The Labute approximate surface area is 254 Å². The summed E-state index contributed by atoms with van der Waals surface area (Å²) in [6, 6.07) is 42.2. The summed E-state index contributed by atoms with van der Waals surface area (Å²) in [5.74, 6) is 2.35. The first-order valence-corrected chi connectivity index (χ1v) is 15.2. The van der Waals surface area contributed by atoms with E-state index < -0.39 is 10.9 Å². The monoisotopic (exact) mass is 584 g/mol. The van der Waals surface area contributed by atoms with Gasteiger partial charge in [0.05, 0.1) is 28.0 Å². The van der Waals surface area contributed by atoms with E-state index in [-0.39, 0.29) is 0 Å². The highest BCUT2D eigenvalue weighted by Gasteiger charge is 2.30. The Kier molecular flexibility index (Phi) is 9.22. The molecule has 3 heterocycles. The topological polar surface area (TPSA) is 66.4 Å². The standard InChI is InChI=1S/C36H30N3O3S/c1-4-19-37-28(10-1)25-40-31-13-7-16-34(22-31)43(35-17-8-14-32(23-35)41-26-29-11-2-5-20-38-29)36-18-9-15-33(24-36)42-27-30-12-3-6-21-39-30/h1-24H,25-27H2/q+1. The Bertz CT molecular complexity index is 1530. The van der Waals surface area contributed by atoms with Gasteiger partial charge < -0.3 is 14.2 Å². The second-order valence-corrected chi connectivity index (χ2v) is 11.6. The third-order valence-corrected chi connectivity index (χ3v) is 8.64. The van der Waals surface area contributed by atoms with Crippen LogP contribution in [0.15, 0.2) is 161 Å². The smallest absolute Gasteiger partial charge is 0.170 e. The van der Waals surface area contributed by atoms with Crippen molar-refractivity contribution in [3.8, 4) is 17.2 Å². The SMILES string of the molecule is c1ccc(COc2cccc([S+](c3cccc(OCc4ccccn4)c3)c3cccc(OCc4ccccn4)c3)c2)nc1. The lowest BCUT2D eigenvalue weighted by Crippen LogP contribution is -2.07. The van der Waals surface area contributed by atoms with E-state index >= 15 is 0 Å². The lowest BCUT2D eigenvalue weighted by molar-refractivity contribution is 0.300. The zero-order valence-electron chi connectivity index (χ0n) is 23.5. The molecule has 0 radical (unpaired) electrons. The van der Waals surface area contributed by atoms with Gasteiger partial charge in [0, 0.05) is 36.8 Å². The third kappa shape index (κ3) is 7.78. The number of rotatable bonds is 12. The molecule has 0 aliphatic heterocycles. The molecule has 0 spiro atoms. The van der Waals surface area contributed by atoms with Gasteiger partial charge in [0.2, 0.25) is 0 Å². The van der Waals surface area contributed by atoms with Crippen molar-refractivity contribution in [2.45, 2.75) is 34.5 Å². The lowest BCUT2D eigenvalue weighted by atomic mass is 10.3. The van der Waals surface area contributed by atoms with Crippen LogP contribution in [0.25, 0.3) is 0 Å². The summed E-state index contributed by atoms with van der Waals surface area (Å²) in [6.07, 6.45) is 5.33. The molecular formula is C36H30N3O3S+. The zero-order chi connectivity index (χ0) is 29.1. The predicted molar refractivity (Wildman–Crippen MR) is 167 cm³/mol. The van der Waals surface area contributed by atoms with E-state index in [9.17, 15) is 0 Å². The van der Waals surface area contributed by atoms with Crippen molar-refractivity contribution in [2.75, 3.05) is 0 Å². The highest BCUT2D eigenvalue weighted by atomic mass is 32.2. The molecular weight excluding hydrogens is 554 g/mol. The number of benzene rings is 3. The molecule has 6 aromatic rings. The molecule has 43 heavy (non-hydrogen) atoms. The number of hydrogen-bond donors (Lipinski definition) is 0. The van der Waals surface area contributed by atoms with E-state index in [0.717, 1.165) is 49.0 Å². The fourth-order valence-electron chi connectivity index (χ4n) is 4.40. The molecule has 212 valence electrons. The highest BCUT2D eigenvalue weighted by molar-refractivity contribution is 7.97. The molecule has 6 nitrogen and oxygen atoms in total. The molecule has 0 aliphatic carbocycles. The van der Waals surface area contributed by atoms with Crippen LogP contribution in [0.4, 0.5) is 0 Å². The van der Waals surface area contributed by atoms with Gasteiger partial charge in [0.1, 0.15) is 37.1 Å². The average Bonchev–Trinajstić information content (AvgIpc) is 3.08. The Morgan fingerprint density at radius 3 is 1.05 bits per heavy atom. The molecule has 6 rings (SSSR count). The molecule has 0 saturated heterocycles. The summed E-state index contributed by atoms with van der Waals surface area (Å²) < 4.78 is 18.5.